The second-order valence-electron chi connectivity index (χ2n) is 9.16. The van der Waals surface area contributed by atoms with Crippen LogP contribution < -0.4 is 10.4 Å². The number of aromatic amines is 3. The minimum Gasteiger partial charge on any atom is -0.485 e. The highest BCUT2D eigenvalue weighted by atomic mass is 16.5. The molecule has 7 nitrogen and oxygen atoms in total. The van der Waals surface area contributed by atoms with Crippen molar-refractivity contribution >= 4 is 0 Å². The summed E-state index contributed by atoms with van der Waals surface area (Å²) in [6, 6.07) is 16.4. The van der Waals surface area contributed by atoms with E-state index in [1.807, 2.05) is 30.5 Å². The summed E-state index contributed by atoms with van der Waals surface area (Å²) in [6.07, 6.45) is 5.95. The third kappa shape index (κ3) is 6.00. The van der Waals surface area contributed by atoms with Crippen LogP contribution in [0.3, 0.4) is 0 Å². The molecule has 33 heavy (non-hydrogen) atoms. The number of hydrogen-bond donors (Lipinski definition) is 3. The molecule has 0 saturated heterocycles. The topological polar surface area (TPSA) is 99.4 Å². The molecule has 0 spiro atoms. The number of ether oxygens (including phenoxy) is 1. The van der Waals surface area contributed by atoms with Crippen molar-refractivity contribution in [3.63, 3.8) is 0 Å². The van der Waals surface area contributed by atoms with Gasteiger partial charge in [-0.3, -0.25) is 4.98 Å². The molecular formula is C26H31N5O2. The van der Waals surface area contributed by atoms with E-state index in [4.69, 9.17) is 4.74 Å². The van der Waals surface area contributed by atoms with Crippen LogP contribution >= 0.6 is 0 Å². The van der Waals surface area contributed by atoms with Gasteiger partial charge in [0, 0.05) is 23.9 Å². The SMILES string of the molecule is CCC(C)(C)Cc1cnc(CCc2ccc(-c3ccccc3OCc3n[nH]c(=O)[nH]3)cc2)[nH]1. The first-order chi connectivity index (χ1) is 15.9. The molecule has 0 saturated carbocycles. The van der Waals surface area contributed by atoms with Crippen molar-refractivity contribution in [2.75, 3.05) is 0 Å². The van der Waals surface area contributed by atoms with Crippen LogP contribution in [0.15, 0.2) is 59.5 Å². The van der Waals surface area contributed by atoms with Crippen molar-refractivity contribution in [3.8, 4) is 16.9 Å². The van der Waals surface area contributed by atoms with E-state index < -0.39 is 0 Å². The molecule has 172 valence electrons. The van der Waals surface area contributed by atoms with Crippen molar-refractivity contribution in [1.82, 2.24) is 25.1 Å². The molecule has 2 aromatic carbocycles. The Morgan fingerprint density at radius 3 is 2.48 bits per heavy atom. The number of nitrogens with zero attached hydrogens (tertiary/aromatic N) is 2. The average molecular weight is 446 g/mol. The standard InChI is InChI=1S/C26H31N5O2/c1-4-26(2,3)15-20-16-27-23(28-20)14-11-18-9-12-19(13-10-18)21-7-5-6-8-22(21)33-17-24-29-25(32)31-30-24/h5-10,12-13,16H,4,11,14-15,17H2,1-3H3,(H,27,28)(H2,29,30,31,32). The Morgan fingerprint density at radius 2 is 1.76 bits per heavy atom. The van der Waals surface area contributed by atoms with Gasteiger partial charge in [0.25, 0.3) is 0 Å². The fourth-order valence-electron chi connectivity index (χ4n) is 3.73. The first kappa shape index (κ1) is 22.6. The molecule has 0 atom stereocenters. The molecule has 4 rings (SSSR count). The fraction of sp³-hybridized carbons (Fsp3) is 0.346. The molecule has 0 radical (unpaired) electrons. The van der Waals surface area contributed by atoms with E-state index in [1.165, 1.54) is 11.3 Å². The molecule has 0 fully saturated rings. The maximum Gasteiger partial charge on any atom is 0.340 e. The van der Waals surface area contributed by atoms with Gasteiger partial charge in [0.05, 0.1) is 0 Å². The third-order valence-electron chi connectivity index (χ3n) is 6.02. The normalized spacial score (nSPS) is 11.6. The molecule has 0 bridgehead atoms. The van der Waals surface area contributed by atoms with Gasteiger partial charge in [-0.15, -0.1) is 0 Å². The van der Waals surface area contributed by atoms with Crippen LogP contribution in [0, 0.1) is 5.41 Å². The zero-order chi connectivity index (χ0) is 23.3. The van der Waals surface area contributed by atoms with E-state index in [0.717, 1.165) is 48.4 Å². The molecule has 2 heterocycles. The van der Waals surface area contributed by atoms with Gasteiger partial charge in [-0.1, -0.05) is 69.7 Å². The molecular weight excluding hydrogens is 414 g/mol. The highest BCUT2D eigenvalue weighted by Crippen LogP contribution is 2.30. The van der Waals surface area contributed by atoms with Gasteiger partial charge >= 0.3 is 5.69 Å². The Balaban J connectivity index is 1.38. The van der Waals surface area contributed by atoms with E-state index in [1.54, 1.807) is 0 Å². The maximum absolute atomic E-state index is 11.2. The minimum absolute atomic E-state index is 0.189. The number of imidazole rings is 1. The summed E-state index contributed by atoms with van der Waals surface area (Å²) in [5.74, 6) is 2.24. The largest absolute Gasteiger partial charge is 0.485 e. The first-order valence-corrected chi connectivity index (χ1v) is 11.4. The smallest absolute Gasteiger partial charge is 0.340 e. The predicted octanol–water partition coefficient (Wildman–Crippen LogP) is 4.83. The molecule has 0 aliphatic carbocycles. The van der Waals surface area contributed by atoms with Crippen LogP contribution in [0.4, 0.5) is 0 Å². The summed E-state index contributed by atoms with van der Waals surface area (Å²) >= 11 is 0. The van der Waals surface area contributed by atoms with Crippen molar-refractivity contribution in [1.29, 1.82) is 0 Å². The van der Waals surface area contributed by atoms with Crippen LogP contribution in [-0.2, 0) is 25.9 Å². The van der Waals surface area contributed by atoms with Crippen LogP contribution in [0.1, 0.15) is 50.1 Å². The van der Waals surface area contributed by atoms with E-state index >= 15 is 0 Å². The summed E-state index contributed by atoms with van der Waals surface area (Å²) in [6.45, 7) is 6.99. The number of aromatic nitrogens is 5. The molecule has 0 amide bonds. The highest BCUT2D eigenvalue weighted by Gasteiger charge is 2.17. The predicted molar refractivity (Wildman–Crippen MR) is 129 cm³/mol. The summed E-state index contributed by atoms with van der Waals surface area (Å²) in [4.78, 5) is 21.9. The average Bonchev–Trinajstić information content (AvgIpc) is 3.45. The summed E-state index contributed by atoms with van der Waals surface area (Å²) in [5.41, 5.74) is 4.49. The van der Waals surface area contributed by atoms with E-state index in [9.17, 15) is 4.79 Å². The van der Waals surface area contributed by atoms with Gasteiger partial charge in [-0.05, 0) is 35.4 Å². The number of para-hydroxylation sites is 1. The lowest BCUT2D eigenvalue weighted by molar-refractivity contribution is 0.297. The number of nitrogens with one attached hydrogen (secondary N) is 3. The van der Waals surface area contributed by atoms with Crippen LogP contribution in [0.5, 0.6) is 5.75 Å². The molecule has 7 heteroatoms. The Labute approximate surface area is 193 Å². The van der Waals surface area contributed by atoms with Crippen LogP contribution in [0.25, 0.3) is 11.1 Å². The quantitative estimate of drug-likeness (QED) is 0.325. The summed E-state index contributed by atoms with van der Waals surface area (Å²) in [5, 5.41) is 6.23. The second kappa shape index (κ2) is 9.90. The fourth-order valence-corrected chi connectivity index (χ4v) is 3.73. The van der Waals surface area contributed by atoms with Crippen molar-refractivity contribution in [2.24, 2.45) is 5.41 Å². The van der Waals surface area contributed by atoms with E-state index in [0.29, 0.717) is 5.82 Å². The zero-order valence-electron chi connectivity index (χ0n) is 19.4. The number of hydrogen-bond acceptors (Lipinski definition) is 4. The van der Waals surface area contributed by atoms with Crippen molar-refractivity contribution in [2.45, 2.75) is 53.1 Å². The lowest BCUT2D eigenvalue weighted by Gasteiger charge is -2.21. The number of H-pyrrole nitrogens is 3. The van der Waals surface area contributed by atoms with Gasteiger partial charge in [0.15, 0.2) is 5.82 Å². The first-order valence-electron chi connectivity index (χ1n) is 11.4. The lowest BCUT2D eigenvalue weighted by atomic mass is 9.85. The molecule has 4 aromatic rings. The van der Waals surface area contributed by atoms with Crippen molar-refractivity contribution < 1.29 is 4.74 Å². The molecule has 0 aliphatic rings. The molecule has 0 aliphatic heterocycles. The van der Waals surface area contributed by atoms with Gasteiger partial charge < -0.3 is 9.72 Å². The number of benzene rings is 2. The molecule has 3 N–H and O–H groups in total. The highest BCUT2D eigenvalue weighted by molar-refractivity contribution is 5.70. The number of aryl methyl sites for hydroxylation is 2. The van der Waals surface area contributed by atoms with Gasteiger partial charge in [-0.25, -0.2) is 14.9 Å². The van der Waals surface area contributed by atoms with E-state index in [-0.39, 0.29) is 17.7 Å². The Hall–Kier alpha value is -3.61. The summed E-state index contributed by atoms with van der Waals surface area (Å²) in [7, 11) is 0. The summed E-state index contributed by atoms with van der Waals surface area (Å²) < 4.78 is 5.91. The van der Waals surface area contributed by atoms with Gasteiger partial charge in [0.1, 0.15) is 18.2 Å². The van der Waals surface area contributed by atoms with Crippen LogP contribution in [0.2, 0.25) is 0 Å². The zero-order valence-corrected chi connectivity index (χ0v) is 19.4. The second-order valence-corrected chi connectivity index (χ2v) is 9.16. The Morgan fingerprint density at radius 1 is 0.970 bits per heavy atom. The monoisotopic (exact) mass is 445 g/mol. The third-order valence-corrected chi connectivity index (χ3v) is 6.02. The number of rotatable bonds is 10. The van der Waals surface area contributed by atoms with Gasteiger partial charge in [0.2, 0.25) is 0 Å². The van der Waals surface area contributed by atoms with Crippen molar-refractivity contribution in [3.05, 3.63) is 88.1 Å². The van der Waals surface area contributed by atoms with E-state index in [2.05, 4.69) is 70.2 Å². The maximum atomic E-state index is 11.2. The minimum atomic E-state index is -0.340. The van der Waals surface area contributed by atoms with Gasteiger partial charge in [-0.2, -0.15) is 5.10 Å². The molecule has 0 unspecified atom stereocenters. The lowest BCUT2D eigenvalue weighted by Crippen LogP contribution is -2.13. The van der Waals surface area contributed by atoms with Crippen LogP contribution in [-0.4, -0.2) is 25.1 Å². The molecule has 2 aromatic heterocycles. The Kier molecular flexibility index (Phi) is 6.77. The Bertz CT molecular complexity index is 1230.